The van der Waals surface area contributed by atoms with Crippen molar-refractivity contribution in [3.63, 3.8) is 0 Å². The average Bonchev–Trinajstić information content (AvgIpc) is 2.93. The van der Waals surface area contributed by atoms with E-state index in [0.29, 0.717) is 6.61 Å². The van der Waals surface area contributed by atoms with E-state index in [1.165, 1.54) is 6.07 Å². The van der Waals surface area contributed by atoms with Crippen LogP contribution in [0.3, 0.4) is 0 Å². The summed E-state index contributed by atoms with van der Waals surface area (Å²) in [5, 5.41) is 2.60. The number of halogens is 1. The van der Waals surface area contributed by atoms with Crippen molar-refractivity contribution < 1.29 is 18.7 Å². The van der Waals surface area contributed by atoms with Crippen molar-refractivity contribution in [2.24, 2.45) is 0 Å². The number of ether oxygens (including phenoxy) is 1. The maximum Gasteiger partial charge on any atom is 0.329 e. The summed E-state index contributed by atoms with van der Waals surface area (Å²) in [6.45, 7) is 8.46. The van der Waals surface area contributed by atoms with Gasteiger partial charge in [-0.25, -0.2) is 9.18 Å². The average molecular weight is 396 g/mol. The van der Waals surface area contributed by atoms with Crippen LogP contribution in [0.4, 0.5) is 9.18 Å². The summed E-state index contributed by atoms with van der Waals surface area (Å²) in [7, 11) is 0. The molecule has 6 heteroatoms. The summed E-state index contributed by atoms with van der Waals surface area (Å²) in [6, 6.07) is 9.48. The molecule has 1 aliphatic heterocycles. The van der Waals surface area contributed by atoms with Crippen molar-refractivity contribution in [3.8, 4) is 5.75 Å². The maximum absolute atomic E-state index is 13.9. The Morgan fingerprint density at radius 3 is 2.59 bits per heavy atom. The number of imide groups is 1. The van der Waals surface area contributed by atoms with Gasteiger partial charge in [0.15, 0.2) is 0 Å². The highest BCUT2D eigenvalue weighted by Gasteiger charge is 2.34. The lowest BCUT2D eigenvalue weighted by Crippen LogP contribution is -2.30. The molecule has 1 fully saturated rings. The quantitative estimate of drug-likeness (QED) is 0.566. The van der Waals surface area contributed by atoms with Gasteiger partial charge in [0.2, 0.25) is 0 Å². The van der Waals surface area contributed by atoms with Gasteiger partial charge >= 0.3 is 6.03 Å². The normalized spacial score (nSPS) is 15.4. The SMILES string of the molecule is CCOc1cc(C)c(C=C2NC(=O)N(Cc3ccccc3F)C2=O)cc1C(C)C. The first-order chi connectivity index (χ1) is 13.8. The molecule has 2 aromatic rings. The van der Waals surface area contributed by atoms with Crippen LogP contribution in [-0.4, -0.2) is 23.4 Å². The number of carbonyl (C=O) groups is 2. The molecule has 0 spiro atoms. The minimum Gasteiger partial charge on any atom is -0.494 e. The van der Waals surface area contributed by atoms with E-state index in [1.54, 1.807) is 24.3 Å². The predicted octanol–water partition coefficient (Wildman–Crippen LogP) is 4.75. The number of urea groups is 1. The minimum absolute atomic E-state index is 0.117. The number of benzene rings is 2. The van der Waals surface area contributed by atoms with Crippen LogP contribution >= 0.6 is 0 Å². The Balaban J connectivity index is 1.91. The van der Waals surface area contributed by atoms with Gasteiger partial charge in [-0.3, -0.25) is 9.69 Å². The van der Waals surface area contributed by atoms with E-state index in [4.69, 9.17) is 4.74 Å². The van der Waals surface area contributed by atoms with Crippen LogP contribution in [0.5, 0.6) is 5.75 Å². The lowest BCUT2D eigenvalue weighted by Gasteiger charge is -2.16. The van der Waals surface area contributed by atoms with Crippen molar-refractivity contribution in [1.82, 2.24) is 10.2 Å². The molecule has 0 bridgehead atoms. The van der Waals surface area contributed by atoms with Crippen LogP contribution in [0, 0.1) is 12.7 Å². The van der Waals surface area contributed by atoms with Gasteiger partial charge in [-0.1, -0.05) is 32.0 Å². The highest BCUT2D eigenvalue weighted by molar-refractivity contribution is 6.14. The van der Waals surface area contributed by atoms with E-state index >= 15 is 0 Å². The number of aryl methyl sites for hydroxylation is 1. The zero-order valence-electron chi connectivity index (χ0n) is 17.1. The van der Waals surface area contributed by atoms with E-state index in [1.807, 2.05) is 26.0 Å². The highest BCUT2D eigenvalue weighted by Crippen LogP contribution is 2.31. The molecule has 0 aromatic heterocycles. The summed E-state index contributed by atoms with van der Waals surface area (Å²) in [4.78, 5) is 26.1. The van der Waals surface area contributed by atoms with Gasteiger partial charge in [-0.05, 0) is 60.7 Å². The molecule has 29 heavy (non-hydrogen) atoms. The Morgan fingerprint density at radius 2 is 1.93 bits per heavy atom. The number of nitrogens with zero attached hydrogens (tertiary/aromatic N) is 1. The Kier molecular flexibility index (Phi) is 6.01. The van der Waals surface area contributed by atoms with Crippen LogP contribution in [0.2, 0.25) is 0 Å². The molecule has 152 valence electrons. The smallest absolute Gasteiger partial charge is 0.329 e. The van der Waals surface area contributed by atoms with Gasteiger partial charge in [-0.2, -0.15) is 0 Å². The molecule has 1 heterocycles. The van der Waals surface area contributed by atoms with Gasteiger partial charge < -0.3 is 10.1 Å². The van der Waals surface area contributed by atoms with E-state index in [2.05, 4.69) is 19.2 Å². The summed E-state index contributed by atoms with van der Waals surface area (Å²) < 4.78 is 19.7. The Bertz CT molecular complexity index is 982. The topological polar surface area (TPSA) is 58.6 Å². The molecule has 3 amide bonds. The molecule has 2 aromatic carbocycles. The zero-order valence-corrected chi connectivity index (χ0v) is 17.1. The number of nitrogens with one attached hydrogen (secondary N) is 1. The molecule has 1 aliphatic rings. The Labute approximate surface area is 170 Å². The number of carbonyl (C=O) groups excluding carboxylic acids is 2. The fourth-order valence-electron chi connectivity index (χ4n) is 3.27. The van der Waals surface area contributed by atoms with Crippen molar-refractivity contribution in [2.75, 3.05) is 6.61 Å². The van der Waals surface area contributed by atoms with Crippen LogP contribution < -0.4 is 10.1 Å². The van der Waals surface area contributed by atoms with Crippen LogP contribution in [0.1, 0.15) is 48.9 Å². The van der Waals surface area contributed by atoms with E-state index < -0.39 is 17.8 Å². The summed E-state index contributed by atoms with van der Waals surface area (Å²) in [6.07, 6.45) is 1.67. The summed E-state index contributed by atoms with van der Waals surface area (Å²) in [5.74, 6) is 0.137. The van der Waals surface area contributed by atoms with Crippen molar-refractivity contribution >= 4 is 18.0 Å². The molecular weight excluding hydrogens is 371 g/mol. The number of hydrogen-bond acceptors (Lipinski definition) is 3. The largest absolute Gasteiger partial charge is 0.494 e. The van der Waals surface area contributed by atoms with E-state index in [9.17, 15) is 14.0 Å². The first-order valence-electron chi connectivity index (χ1n) is 9.67. The molecule has 0 saturated carbocycles. The number of amides is 3. The molecule has 0 radical (unpaired) electrons. The molecule has 0 unspecified atom stereocenters. The van der Waals surface area contributed by atoms with E-state index in [0.717, 1.165) is 27.3 Å². The number of rotatable bonds is 6. The monoisotopic (exact) mass is 396 g/mol. The van der Waals surface area contributed by atoms with Gasteiger partial charge in [0, 0.05) is 5.56 Å². The van der Waals surface area contributed by atoms with Crippen LogP contribution in [0.25, 0.3) is 6.08 Å². The second-order valence-corrected chi connectivity index (χ2v) is 7.31. The van der Waals surface area contributed by atoms with Crippen LogP contribution in [-0.2, 0) is 11.3 Å². The third-order valence-corrected chi connectivity index (χ3v) is 4.87. The Morgan fingerprint density at radius 1 is 1.21 bits per heavy atom. The van der Waals surface area contributed by atoms with Crippen molar-refractivity contribution in [3.05, 3.63) is 70.2 Å². The fraction of sp³-hybridized carbons (Fsp3) is 0.304. The summed E-state index contributed by atoms with van der Waals surface area (Å²) in [5.41, 5.74) is 3.25. The van der Waals surface area contributed by atoms with Gasteiger partial charge in [0.25, 0.3) is 5.91 Å². The minimum atomic E-state index is -0.558. The lowest BCUT2D eigenvalue weighted by atomic mass is 9.96. The fourth-order valence-corrected chi connectivity index (χ4v) is 3.27. The second-order valence-electron chi connectivity index (χ2n) is 7.31. The highest BCUT2D eigenvalue weighted by atomic mass is 19.1. The predicted molar refractivity (Wildman–Crippen MR) is 110 cm³/mol. The molecule has 5 nitrogen and oxygen atoms in total. The third-order valence-electron chi connectivity index (χ3n) is 4.87. The molecule has 3 rings (SSSR count). The maximum atomic E-state index is 13.9. The Hall–Kier alpha value is -3.15. The third kappa shape index (κ3) is 4.31. The number of hydrogen-bond donors (Lipinski definition) is 1. The molecule has 0 aliphatic carbocycles. The standard InChI is InChI=1S/C23H25FN2O3/c1-5-29-21-10-15(4)17(11-18(21)14(2)3)12-20-22(27)26(23(28)25-20)13-16-8-6-7-9-19(16)24/h6-12,14H,5,13H2,1-4H3,(H,25,28). The van der Waals surface area contributed by atoms with E-state index in [-0.39, 0.29) is 23.7 Å². The van der Waals surface area contributed by atoms with Gasteiger partial charge in [0.1, 0.15) is 17.3 Å². The molecule has 0 atom stereocenters. The van der Waals surface area contributed by atoms with Gasteiger partial charge in [-0.15, -0.1) is 0 Å². The first kappa shape index (κ1) is 20.6. The van der Waals surface area contributed by atoms with Gasteiger partial charge in [0.05, 0.1) is 13.2 Å². The molecule has 1 saturated heterocycles. The van der Waals surface area contributed by atoms with Crippen LogP contribution in [0.15, 0.2) is 42.1 Å². The second kappa shape index (κ2) is 8.47. The van der Waals surface area contributed by atoms with Crippen molar-refractivity contribution in [2.45, 2.75) is 40.2 Å². The first-order valence-corrected chi connectivity index (χ1v) is 9.67. The molecule has 1 N–H and O–H groups in total. The summed E-state index contributed by atoms with van der Waals surface area (Å²) >= 11 is 0. The molecular formula is C23H25FN2O3. The lowest BCUT2D eigenvalue weighted by molar-refractivity contribution is -0.123. The van der Waals surface area contributed by atoms with Crippen molar-refractivity contribution in [1.29, 1.82) is 0 Å². The zero-order chi connectivity index (χ0) is 21.1.